The van der Waals surface area contributed by atoms with Gasteiger partial charge in [-0.05, 0) is 38.8 Å². The van der Waals surface area contributed by atoms with Gasteiger partial charge < -0.3 is 9.73 Å². The largest absolute Gasteiger partial charge is 0.464 e. The van der Waals surface area contributed by atoms with Crippen LogP contribution in [0.4, 0.5) is 0 Å². The van der Waals surface area contributed by atoms with E-state index in [2.05, 4.69) is 16.3 Å². The van der Waals surface area contributed by atoms with Gasteiger partial charge in [-0.2, -0.15) is 11.8 Å². The summed E-state index contributed by atoms with van der Waals surface area (Å²) in [5, 5.41) is 2.94. The Bertz CT molecular complexity index is 498. The monoisotopic (exact) mass is 320 g/mol. The van der Waals surface area contributed by atoms with Crippen LogP contribution in [0.5, 0.6) is 0 Å². The smallest absolute Gasteiger partial charge is 0.244 e. The highest BCUT2D eigenvalue weighted by Gasteiger charge is 2.20. The van der Waals surface area contributed by atoms with Crippen molar-refractivity contribution in [3.8, 4) is 0 Å². The van der Waals surface area contributed by atoms with Crippen LogP contribution in [0.2, 0.25) is 0 Å². The fraction of sp³-hybridized carbons (Fsp3) is 0.692. The highest BCUT2D eigenvalue weighted by Crippen LogP contribution is 2.19. The van der Waals surface area contributed by atoms with E-state index in [1.54, 1.807) is 20.0 Å². The van der Waals surface area contributed by atoms with E-state index < -0.39 is 10.0 Å². The number of sulfonamides is 1. The summed E-state index contributed by atoms with van der Waals surface area (Å²) in [5.41, 5.74) is 0. The average molecular weight is 320 g/mol. The molecule has 0 aliphatic rings. The summed E-state index contributed by atoms with van der Waals surface area (Å²) in [6.07, 6.45) is 5.10. The van der Waals surface area contributed by atoms with Crippen LogP contribution in [0.1, 0.15) is 30.8 Å². The van der Waals surface area contributed by atoms with Gasteiger partial charge in [-0.25, -0.2) is 13.1 Å². The third kappa shape index (κ3) is 5.47. The molecule has 116 valence electrons. The Balaban J connectivity index is 2.51. The molecule has 0 aromatic carbocycles. The molecule has 5 nitrogen and oxygen atoms in total. The van der Waals surface area contributed by atoms with E-state index in [9.17, 15) is 8.42 Å². The first kappa shape index (κ1) is 17.6. The molecule has 0 saturated heterocycles. The Labute approximate surface area is 125 Å². The van der Waals surface area contributed by atoms with Gasteiger partial charge in [0.1, 0.15) is 16.4 Å². The third-order valence-electron chi connectivity index (χ3n) is 2.88. The number of aryl methyl sites for hydroxylation is 1. The van der Waals surface area contributed by atoms with Gasteiger partial charge in [0.25, 0.3) is 0 Å². The molecule has 0 aliphatic carbocycles. The van der Waals surface area contributed by atoms with Crippen LogP contribution >= 0.6 is 11.8 Å². The Hall–Kier alpha value is -0.500. The molecule has 0 fully saturated rings. The Morgan fingerprint density at radius 1 is 1.30 bits per heavy atom. The van der Waals surface area contributed by atoms with Crippen LogP contribution in [-0.2, 0) is 16.6 Å². The average Bonchev–Trinajstić information content (AvgIpc) is 2.76. The first-order chi connectivity index (χ1) is 9.51. The van der Waals surface area contributed by atoms with E-state index in [-0.39, 0.29) is 4.90 Å². The number of rotatable bonds is 10. The van der Waals surface area contributed by atoms with Gasteiger partial charge in [0.15, 0.2) is 0 Å². The molecular formula is C13H24N2O3S2. The van der Waals surface area contributed by atoms with Gasteiger partial charge in [-0.15, -0.1) is 0 Å². The summed E-state index contributed by atoms with van der Waals surface area (Å²) in [6, 6.07) is 1.59. The molecule has 2 N–H and O–H groups in total. The molecule has 1 aromatic rings. The molecule has 0 aliphatic heterocycles. The zero-order chi connectivity index (χ0) is 15.0. The number of furan rings is 1. The van der Waals surface area contributed by atoms with E-state index in [1.165, 1.54) is 0 Å². The molecular weight excluding hydrogens is 296 g/mol. The molecule has 20 heavy (non-hydrogen) atoms. The summed E-state index contributed by atoms with van der Waals surface area (Å²) in [7, 11) is -1.67. The normalized spacial score (nSPS) is 11.9. The van der Waals surface area contributed by atoms with E-state index in [0.29, 0.717) is 24.6 Å². The van der Waals surface area contributed by atoms with Crippen LogP contribution in [0.25, 0.3) is 0 Å². The number of thioether (sulfide) groups is 1. The van der Waals surface area contributed by atoms with Crippen molar-refractivity contribution in [3.05, 3.63) is 17.6 Å². The van der Waals surface area contributed by atoms with Crippen molar-refractivity contribution in [3.63, 3.8) is 0 Å². The van der Waals surface area contributed by atoms with Crippen LogP contribution in [-0.4, -0.2) is 34.0 Å². The van der Waals surface area contributed by atoms with Crippen LogP contribution in [0.15, 0.2) is 15.4 Å². The Kier molecular flexibility index (Phi) is 7.65. The highest BCUT2D eigenvalue weighted by atomic mass is 32.2. The van der Waals surface area contributed by atoms with Gasteiger partial charge in [-0.1, -0.05) is 6.42 Å². The first-order valence-electron chi connectivity index (χ1n) is 6.73. The molecule has 0 saturated carbocycles. The first-order valence-corrected chi connectivity index (χ1v) is 9.61. The van der Waals surface area contributed by atoms with E-state index >= 15 is 0 Å². The summed E-state index contributed by atoms with van der Waals surface area (Å²) >= 11 is 1.81. The molecule has 0 amide bonds. The zero-order valence-corrected chi connectivity index (χ0v) is 14.0. The molecule has 0 bridgehead atoms. The third-order valence-corrected chi connectivity index (χ3v) is 5.15. The fourth-order valence-electron chi connectivity index (χ4n) is 1.88. The lowest BCUT2D eigenvalue weighted by atomic mass is 10.2. The van der Waals surface area contributed by atoms with Crippen LogP contribution in [0.3, 0.4) is 0 Å². The van der Waals surface area contributed by atoms with Crippen molar-refractivity contribution in [2.75, 3.05) is 25.6 Å². The summed E-state index contributed by atoms with van der Waals surface area (Å²) in [4.78, 5) is 0.242. The predicted octanol–water partition coefficient (Wildman–Crippen LogP) is 2.12. The molecule has 1 rings (SSSR count). The van der Waals surface area contributed by atoms with Gasteiger partial charge in [0, 0.05) is 12.6 Å². The number of nitrogens with one attached hydrogen (secondary N) is 2. The predicted molar refractivity (Wildman–Crippen MR) is 83.6 cm³/mol. The van der Waals surface area contributed by atoms with E-state index in [0.717, 1.165) is 25.0 Å². The van der Waals surface area contributed by atoms with Crippen LogP contribution in [0, 0.1) is 6.92 Å². The Morgan fingerprint density at radius 3 is 2.70 bits per heavy atom. The van der Waals surface area contributed by atoms with E-state index in [4.69, 9.17) is 4.42 Å². The molecule has 1 heterocycles. The SMILES string of the molecule is CNCc1cc(S(=O)(=O)NCCCCCSC)c(C)o1. The van der Waals surface area contributed by atoms with Crippen molar-refractivity contribution in [2.24, 2.45) is 0 Å². The van der Waals surface area contributed by atoms with Gasteiger partial charge in [-0.3, -0.25) is 0 Å². The number of unbranched alkanes of at least 4 members (excludes halogenated alkanes) is 2. The fourth-order valence-corrected chi connectivity index (χ4v) is 3.65. The van der Waals surface area contributed by atoms with Crippen molar-refractivity contribution in [1.82, 2.24) is 10.0 Å². The maximum atomic E-state index is 12.2. The van der Waals surface area contributed by atoms with Crippen molar-refractivity contribution >= 4 is 21.8 Å². The van der Waals surface area contributed by atoms with Gasteiger partial charge in [0.05, 0.1) is 6.54 Å². The van der Waals surface area contributed by atoms with Gasteiger partial charge >= 0.3 is 0 Å². The second-order valence-corrected chi connectivity index (χ2v) is 7.34. The number of hydrogen-bond acceptors (Lipinski definition) is 5. The standard InChI is InChI=1S/C13H24N2O3S2/c1-11-13(9-12(18-11)10-14-2)20(16,17)15-7-5-4-6-8-19-3/h9,14-15H,4-8,10H2,1-3H3. The minimum Gasteiger partial charge on any atom is -0.464 e. The lowest BCUT2D eigenvalue weighted by Gasteiger charge is -2.05. The minimum absolute atomic E-state index is 0.242. The molecule has 0 spiro atoms. The van der Waals surface area contributed by atoms with Crippen molar-refractivity contribution in [2.45, 2.75) is 37.6 Å². The quantitative estimate of drug-likeness (QED) is 0.646. The summed E-state index contributed by atoms with van der Waals surface area (Å²) in [6.45, 7) is 2.67. The zero-order valence-electron chi connectivity index (χ0n) is 12.4. The van der Waals surface area contributed by atoms with Crippen molar-refractivity contribution < 1.29 is 12.8 Å². The molecule has 0 unspecified atom stereocenters. The van der Waals surface area contributed by atoms with Crippen LogP contribution < -0.4 is 10.0 Å². The summed E-state index contributed by atoms with van der Waals surface area (Å²) < 4.78 is 32.4. The lowest BCUT2D eigenvalue weighted by Crippen LogP contribution is -2.25. The topological polar surface area (TPSA) is 71.3 Å². The molecule has 1 aromatic heterocycles. The maximum absolute atomic E-state index is 12.2. The molecule has 0 atom stereocenters. The maximum Gasteiger partial charge on any atom is 0.244 e. The second kappa shape index (κ2) is 8.71. The molecule has 7 heteroatoms. The second-order valence-electron chi connectivity index (χ2n) is 4.61. The van der Waals surface area contributed by atoms with Crippen molar-refractivity contribution in [1.29, 1.82) is 0 Å². The van der Waals surface area contributed by atoms with Gasteiger partial charge in [0.2, 0.25) is 10.0 Å². The lowest BCUT2D eigenvalue weighted by molar-refractivity contribution is 0.465. The molecule has 0 radical (unpaired) electrons. The number of hydrogen-bond donors (Lipinski definition) is 2. The Morgan fingerprint density at radius 2 is 2.05 bits per heavy atom. The van der Waals surface area contributed by atoms with E-state index in [1.807, 2.05) is 11.8 Å². The summed E-state index contributed by atoms with van der Waals surface area (Å²) in [5.74, 6) is 2.19. The highest BCUT2D eigenvalue weighted by molar-refractivity contribution is 7.98. The minimum atomic E-state index is -3.46.